The third kappa shape index (κ3) is 4.92. The number of hydrogen-bond donors (Lipinski definition) is 2. The maximum atomic E-state index is 12.9. The first-order valence-electron chi connectivity index (χ1n) is 9.16. The van der Waals surface area contributed by atoms with Crippen molar-refractivity contribution in [2.24, 2.45) is 0 Å². The van der Waals surface area contributed by atoms with Gasteiger partial charge in [0.25, 0.3) is 5.91 Å². The lowest BCUT2D eigenvalue weighted by Gasteiger charge is -2.18. The van der Waals surface area contributed by atoms with Gasteiger partial charge in [-0.2, -0.15) is 0 Å². The van der Waals surface area contributed by atoms with Gasteiger partial charge in [0.2, 0.25) is 0 Å². The first-order valence-corrected chi connectivity index (χ1v) is 9.16. The maximum absolute atomic E-state index is 12.9. The van der Waals surface area contributed by atoms with Crippen LogP contribution in [0.15, 0.2) is 61.8 Å². The molecule has 2 N–H and O–H groups in total. The van der Waals surface area contributed by atoms with Crippen LogP contribution in [0.3, 0.4) is 0 Å². The van der Waals surface area contributed by atoms with Gasteiger partial charge in [0.15, 0.2) is 0 Å². The van der Waals surface area contributed by atoms with E-state index in [1.807, 2.05) is 18.2 Å². The number of aromatic nitrogens is 4. The van der Waals surface area contributed by atoms with Gasteiger partial charge in [-0.3, -0.25) is 4.79 Å². The Morgan fingerprint density at radius 2 is 2.00 bits per heavy atom. The molecule has 0 saturated heterocycles. The molecule has 0 aliphatic heterocycles. The van der Waals surface area contributed by atoms with E-state index in [9.17, 15) is 4.79 Å². The molecule has 0 atom stereocenters. The molecule has 0 spiro atoms. The number of hydrogen-bond acceptors (Lipinski definition) is 7. The molecule has 29 heavy (non-hydrogen) atoms. The van der Waals surface area contributed by atoms with E-state index >= 15 is 0 Å². The van der Waals surface area contributed by atoms with Crippen LogP contribution in [0, 0.1) is 0 Å². The minimum Gasteiger partial charge on any atom is -0.372 e. The maximum Gasteiger partial charge on any atom is 0.257 e. The predicted octanol–water partition coefficient (Wildman–Crippen LogP) is 3.37. The molecule has 3 heterocycles. The number of carbonyl (C=O) groups excluding carboxylic acids is 1. The van der Waals surface area contributed by atoms with E-state index in [0.717, 1.165) is 17.5 Å². The van der Waals surface area contributed by atoms with Crippen molar-refractivity contribution in [3.63, 3.8) is 0 Å². The largest absolute Gasteiger partial charge is 0.372 e. The van der Waals surface area contributed by atoms with E-state index in [1.165, 1.54) is 6.33 Å². The second-order valence-electron chi connectivity index (χ2n) is 6.32. The Morgan fingerprint density at radius 1 is 1.14 bits per heavy atom. The zero-order valence-corrected chi connectivity index (χ0v) is 16.5. The topological polar surface area (TPSA) is 95.9 Å². The molecule has 0 unspecified atom stereocenters. The molecule has 3 aromatic heterocycles. The van der Waals surface area contributed by atoms with Gasteiger partial charge in [0.05, 0.1) is 5.56 Å². The lowest BCUT2D eigenvalue weighted by molar-refractivity contribution is 0.0798. The molecular formula is C21H23N7O. The quantitative estimate of drug-likeness (QED) is 0.570. The van der Waals surface area contributed by atoms with Gasteiger partial charge in [-0.05, 0) is 36.2 Å². The molecule has 0 aliphatic carbocycles. The predicted molar refractivity (Wildman–Crippen MR) is 114 cm³/mol. The molecule has 8 heteroatoms. The molecule has 0 radical (unpaired) electrons. The van der Waals surface area contributed by atoms with Crippen molar-refractivity contribution in [1.82, 2.24) is 24.8 Å². The average molecular weight is 389 g/mol. The Hall–Kier alpha value is -3.81. The highest BCUT2D eigenvalue weighted by Crippen LogP contribution is 2.26. The van der Waals surface area contributed by atoms with Crippen molar-refractivity contribution in [1.29, 1.82) is 0 Å². The summed E-state index contributed by atoms with van der Waals surface area (Å²) in [5, 5.41) is 6.13. The number of rotatable bonds is 8. The van der Waals surface area contributed by atoms with Gasteiger partial charge in [-0.15, -0.1) is 6.58 Å². The zero-order chi connectivity index (χ0) is 20.6. The van der Waals surface area contributed by atoms with Crippen LogP contribution in [-0.2, 0) is 0 Å². The first-order chi connectivity index (χ1) is 14.1. The summed E-state index contributed by atoms with van der Waals surface area (Å²) < 4.78 is 0. The van der Waals surface area contributed by atoms with Gasteiger partial charge in [-0.1, -0.05) is 6.08 Å². The van der Waals surface area contributed by atoms with E-state index in [2.05, 4.69) is 37.1 Å². The summed E-state index contributed by atoms with van der Waals surface area (Å²) in [6, 6.07) is 7.35. The molecule has 3 rings (SSSR count). The average Bonchev–Trinajstić information content (AvgIpc) is 2.77. The standard InChI is InChI=1S/C21H23N7O/c1-4-5-10-28(3)21(29)17-11-16(13-25-20(17)22-2)15-6-9-24-19(12-15)27-18-7-8-23-14-26-18/h4,6-9,11-14H,1,5,10H2,2-3H3,(H,22,25)(H,23,24,26,27). The summed E-state index contributed by atoms with van der Waals surface area (Å²) >= 11 is 0. The fourth-order valence-electron chi connectivity index (χ4n) is 2.75. The van der Waals surface area contributed by atoms with Crippen molar-refractivity contribution >= 4 is 23.4 Å². The Morgan fingerprint density at radius 3 is 2.72 bits per heavy atom. The second kappa shape index (κ2) is 9.41. The number of nitrogens with zero attached hydrogens (tertiary/aromatic N) is 5. The van der Waals surface area contributed by atoms with Gasteiger partial charge in [0, 0.05) is 44.8 Å². The first kappa shape index (κ1) is 19.9. The van der Waals surface area contributed by atoms with Crippen LogP contribution in [0.5, 0.6) is 0 Å². The minimum atomic E-state index is -0.0982. The van der Waals surface area contributed by atoms with E-state index in [0.29, 0.717) is 29.6 Å². The van der Waals surface area contributed by atoms with E-state index in [-0.39, 0.29) is 5.91 Å². The number of amides is 1. The number of anilines is 3. The molecule has 0 aliphatic rings. The molecule has 1 amide bonds. The molecule has 3 aromatic rings. The normalized spacial score (nSPS) is 10.3. The lowest BCUT2D eigenvalue weighted by atomic mass is 10.1. The smallest absolute Gasteiger partial charge is 0.257 e. The molecule has 0 bridgehead atoms. The van der Waals surface area contributed by atoms with Gasteiger partial charge < -0.3 is 15.5 Å². The van der Waals surface area contributed by atoms with Crippen molar-refractivity contribution in [2.45, 2.75) is 6.42 Å². The Balaban J connectivity index is 1.90. The van der Waals surface area contributed by atoms with Crippen LogP contribution in [0.1, 0.15) is 16.8 Å². The fourth-order valence-corrected chi connectivity index (χ4v) is 2.75. The van der Waals surface area contributed by atoms with Crippen LogP contribution in [0.25, 0.3) is 11.1 Å². The van der Waals surface area contributed by atoms with Crippen molar-refractivity contribution < 1.29 is 4.79 Å². The van der Waals surface area contributed by atoms with E-state index < -0.39 is 0 Å². The number of nitrogens with one attached hydrogen (secondary N) is 2. The van der Waals surface area contributed by atoms with E-state index in [4.69, 9.17) is 0 Å². The summed E-state index contributed by atoms with van der Waals surface area (Å²) in [4.78, 5) is 31.4. The molecule has 0 aromatic carbocycles. The molecule has 0 saturated carbocycles. The zero-order valence-electron chi connectivity index (χ0n) is 16.5. The summed E-state index contributed by atoms with van der Waals surface area (Å²) in [5.41, 5.74) is 2.21. The molecule has 0 fully saturated rings. The number of carbonyl (C=O) groups is 1. The minimum absolute atomic E-state index is 0.0982. The highest BCUT2D eigenvalue weighted by Gasteiger charge is 2.17. The number of pyridine rings is 2. The lowest BCUT2D eigenvalue weighted by Crippen LogP contribution is -2.28. The fraction of sp³-hybridized carbons (Fsp3) is 0.190. The van der Waals surface area contributed by atoms with Gasteiger partial charge in [0.1, 0.15) is 23.8 Å². The third-order valence-corrected chi connectivity index (χ3v) is 4.30. The third-order valence-electron chi connectivity index (χ3n) is 4.30. The Labute approximate surface area is 169 Å². The van der Waals surface area contributed by atoms with Crippen LogP contribution in [0.2, 0.25) is 0 Å². The summed E-state index contributed by atoms with van der Waals surface area (Å²) in [5.74, 6) is 1.72. The second-order valence-corrected chi connectivity index (χ2v) is 6.32. The van der Waals surface area contributed by atoms with Crippen LogP contribution in [-0.4, -0.2) is 51.4 Å². The Bertz CT molecular complexity index is 991. The Kier molecular flexibility index (Phi) is 6.47. The van der Waals surface area contributed by atoms with Crippen LogP contribution in [0.4, 0.5) is 17.5 Å². The van der Waals surface area contributed by atoms with Gasteiger partial charge in [-0.25, -0.2) is 19.9 Å². The van der Waals surface area contributed by atoms with Crippen molar-refractivity contribution in [3.05, 3.63) is 67.4 Å². The summed E-state index contributed by atoms with van der Waals surface area (Å²) in [6.07, 6.45) is 9.07. The van der Waals surface area contributed by atoms with Crippen LogP contribution < -0.4 is 10.6 Å². The molecular weight excluding hydrogens is 366 g/mol. The summed E-state index contributed by atoms with van der Waals surface area (Å²) in [7, 11) is 3.52. The highest BCUT2D eigenvalue weighted by molar-refractivity contribution is 5.99. The monoisotopic (exact) mass is 389 g/mol. The molecule has 148 valence electrons. The SMILES string of the molecule is C=CCCN(C)C(=O)c1cc(-c2ccnc(Nc3ccncn3)c2)cnc1NC. The molecule has 8 nitrogen and oxygen atoms in total. The van der Waals surface area contributed by atoms with Crippen molar-refractivity contribution in [3.8, 4) is 11.1 Å². The van der Waals surface area contributed by atoms with Crippen molar-refractivity contribution in [2.75, 3.05) is 31.3 Å². The van der Waals surface area contributed by atoms with Crippen LogP contribution >= 0.6 is 0 Å². The summed E-state index contributed by atoms with van der Waals surface area (Å²) in [6.45, 7) is 4.30. The highest BCUT2D eigenvalue weighted by atomic mass is 16.2. The van der Waals surface area contributed by atoms with E-state index in [1.54, 1.807) is 49.7 Å². The van der Waals surface area contributed by atoms with Gasteiger partial charge >= 0.3 is 0 Å².